The highest BCUT2D eigenvalue weighted by atomic mass is 35.5. The van der Waals surface area contributed by atoms with E-state index in [4.69, 9.17) is 37.1 Å². The summed E-state index contributed by atoms with van der Waals surface area (Å²) in [6.45, 7) is 0.0174. The van der Waals surface area contributed by atoms with Crippen LogP contribution < -0.4 is 9.47 Å². The third-order valence-electron chi connectivity index (χ3n) is 6.36. The number of methoxy groups -OCH3 is 2. The Bertz CT molecular complexity index is 1560. The largest absolute Gasteiger partial charge is 0.507 e. The van der Waals surface area contributed by atoms with Crippen molar-refractivity contribution in [2.45, 2.75) is 12.6 Å². The van der Waals surface area contributed by atoms with E-state index in [9.17, 15) is 14.7 Å². The summed E-state index contributed by atoms with van der Waals surface area (Å²) in [6.07, 6.45) is 1.49. The molecule has 1 atom stereocenters. The number of furan rings is 1. The number of likely N-dealkylation sites (tertiary alicyclic amines) is 1. The molecular weight excluding hydrogens is 517 g/mol. The number of Topliss-reactive ketones (excluding diaryl/α,β-unsaturated/α-hetero) is 1. The molecule has 9 heteroatoms. The van der Waals surface area contributed by atoms with E-state index in [1.807, 2.05) is 42.5 Å². The zero-order valence-corrected chi connectivity index (χ0v) is 21.3. The summed E-state index contributed by atoms with van der Waals surface area (Å²) in [5.41, 5.74) is 0.595. The smallest absolute Gasteiger partial charge is 0.296 e. The number of ether oxygens (including phenoxy) is 2. The van der Waals surface area contributed by atoms with Gasteiger partial charge in [-0.25, -0.2) is 0 Å². The van der Waals surface area contributed by atoms with Crippen LogP contribution in [-0.2, 0) is 16.1 Å². The van der Waals surface area contributed by atoms with Gasteiger partial charge in [-0.15, -0.1) is 0 Å². The number of rotatable bonds is 6. The summed E-state index contributed by atoms with van der Waals surface area (Å²) in [4.78, 5) is 28.3. The molecule has 1 amide bonds. The molecule has 1 aliphatic rings. The number of benzene rings is 3. The Kier molecular flexibility index (Phi) is 6.58. The number of carbonyl (C=O) groups excluding carboxylic acids is 2. The van der Waals surface area contributed by atoms with Crippen LogP contribution in [0.4, 0.5) is 0 Å². The fraction of sp³-hybridized carbons (Fsp3) is 0.143. The molecule has 1 aromatic heterocycles. The van der Waals surface area contributed by atoms with E-state index in [1.165, 1.54) is 31.4 Å². The molecular formula is C28H21Cl2NO6. The maximum Gasteiger partial charge on any atom is 0.296 e. The summed E-state index contributed by atoms with van der Waals surface area (Å²) >= 11 is 12.8. The summed E-state index contributed by atoms with van der Waals surface area (Å²) in [7, 11) is 2.76. The number of carbonyl (C=O) groups is 2. The fourth-order valence-electron chi connectivity index (χ4n) is 4.72. The molecule has 0 spiro atoms. The standard InChI is InChI=1S/C28H21Cl2NO6/c1-35-26-19(13-20(29)27(36-2)22(26)30)24(32)21-23(18-11-5-8-15-7-3-4-10-17(15)18)31(28(34)25(21)33)14-16-9-6-12-37-16/h3-13,23,32H,14H2,1-2H3/b24-21+. The average Bonchev–Trinajstić information content (AvgIpc) is 3.50. The molecule has 37 heavy (non-hydrogen) atoms. The minimum Gasteiger partial charge on any atom is -0.507 e. The fourth-order valence-corrected chi connectivity index (χ4v) is 5.40. The summed E-state index contributed by atoms with van der Waals surface area (Å²) in [6, 6.07) is 17.1. The minimum absolute atomic E-state index is 0.0174. The van der Waals surface area contributed by atoms with Gasteiger partial charge in [0.15, 0.2) is 11.5 Å². The number of hydrogen-bond acceptors (Lipinski definition) is 6. The monoisotopic (exact) mass is 537 g/mol. The van der Waals surface area contributed by atoms with Crippen LogP contribution in [0, 0.1) is 0 Å². The van der Waals surface area contributed by atoms with Crippen molar-refractivity contribution in [3.05, 3.63) is 99.4 Å². The highest BCUT2D eigenvalue weighted by molar-refractivity contribution is 6.47. The minimum atomic E-state index is -0.930. The van der Waals surface area contributed by atoms with Gasteiger partial charge in [-0.05, 0) is 34.5 Å². The third kappa shape index (κ3) is 4.10. The second-order valence-corrected chi connectivity index (χ2v) is 9.15. The molecule has 2 heterocycles. The van der Waals surface area contributed by atoms with E-state index >= 15 is 0 Å². The van der Waals surface area contributed by atoms with Gasteiger partial charge in [-0.3, -0.25) is 9.59 Å². The van der Waals surface area contributed by atoms with Crippen molar-refractivity contribution < 1.29 is 28.6 Å². The van der Waals surface area contributed by atoms with E-state index in [-0.39, 0.29) is 39.2 Å². The normalized spacial score (nSPS) is 17.0. The van der Waals surface area contributed by atoms with Gasteiger partial charge < -0.3 is 23.9 Å². The number of nitrogens with zero attached hydrogens (tertiary/aromatic N) is 1. The van der Waals surface area contributed by atoms with Gasteiger partial charge in [0.1, 0.15) is 16.5 Å². The second kappa shape index (κ2) is 9.84. The second-order valence-electron chi connectivity index (χ2n) is 8.36. The lowest BCUT2D eigenvalue weighted by atomic mass is 9.91. The summed E-state index contributed by atoms with van der Waals surface area (Å²) in [5.74, 6) is -1.41. The van der Waals surface area contributed by atoms with Crippen molar-refractivity contribution in [1.82, 2.24) is 4.90 Å². The number of halogens is 2. The Morgan fingerprint density at radius 1 is 1.00 bits per heavy atom. The van der Waals surface area contributed by atoms with Crippen molar-refractivity contribution in [1.29, 1.82) is 0 Å². The van der Waals surface area contributed by atoms with Gasteiger partial charge in [0.25, 0.3) is 11.7 Å². The number of hydrogen-bond donors (Lipinski definition) is 1. The molecule has 0 saturated carbocycles. The molecule has 0 aliphatic carbocycles. The van der Waals surface area contributed by atoms with Crippen LogP contribution in [0.1, 0.15) is 22.9 Å². The first kappa shape index (κ1) is 24.7. The Balaban J connectivity index is 1.79. The molecule has 0 bridgehead atoms. The van der Waals surface area contributed by atoms with Gasteiger partial charge in [0.2, 0.25) is 0 Å². The Morgan fingerprint density at radius 2 is 1.73 bits per heavy atom. The van der Waals surface area contributed by atoms with Gasteiger partial charge in [-0.1, -0.05) is 65.7 Å². The molecule has 1 unspecified atom stereocenters. The van der Waals surface area contributed by atoms with Crippen molar-refractivity contribution in [3.63, 3.8) is 0 Å². The van der Waals surface area contributed by atoms with Crippen LogP contribution in [0.2, 0.25) is 10.0 Å². The van der Waals surface area contributed by atoms with Gasteiger partial charge >= 0.3 is 0 Å². The van der Waals surface area contributed by atoms with E-state index in [2.05, 4.69) is 0 Å². The predicted molar refractivity (Wildman–Crippen MR) is 140 cm³/mol. The first-order chi connectivity index (χ1) is 17.9. The van der Waals surface area contributed by atoms with Crippen LogP contribution in [0.5, 0.6) is 11.5 Å². The average molecular weight is 538 g/mol. The molecule has 1 fully saturated rings. The molecule has 1 saturated heterocycles. The lowest BCUT2D eigenvalue weighted by Crippen LogP contribution is -2.29. The van der Waals surface area contributed by atoms with Crippen LogP contribution in [0.15, 0.2) is 76.9 Å². The van der Waals surface area contributed by atoms with Crippen molar-refractivity contribution in [2.24, 2.45) is 0 Å². The van der Waals surface area contributed by atoms with Crippen molar-refractivity contribution in [3.8, 4) is 11.5 Å². The molecule has 1 N–H and O–H groups in total. The zero-order valence-electron chi connectivity index (χ0n) is 19.8. The van der Waals surface area contributed by atoms with Crippen LogP contribution >= 0.6 is 23.2 Å². The number of aliphatic hydroxyl groups excluding tert-OH is 1. The molecule has 5 rings (SSSR count). The maximum atomic E-state index is 13.5. The number of ketones is 1. The predicted octanol–water partition coefficient (Wildman–Crippen LogP) is 6.38. The van der Waals surface area contributed by atoms with E-state index in [0.717, 1.165) is 10.8 Å². The number of fused-ring (bicyclic) bond motifs is 1. The lowest BCUT2D eigenvalue weighted by molar-refractivity contribution is -0.140. The zero-order chi connectivity index (χ0) is 26.3. The Hall–Kier alpha value is -3.94. The SMILES string of the molecule is COc1c(Cl)cc(/C(O)=C2\C(=O)C(=O)N(Cc3ccco3)C2c2cccc3ccccc23)c(OC)c1Cl. The molecule has 0 radical (unpaired) electrons. The van der Waals surface area contributed by atoms with E-state index in [0.29, 0.717) is 11.3 Å². The van der Waals surface area contributed by atoms with Crippen molar-refractivity contribution >= 4 is 51.4 Å². The number of amides is 1. The van der Waals surface area contributed by atoms with Crippen LogP contribution in [0.3, 0.4) is 0 Å². The lowest BCUT2D eigenvalue weighted by Gasteiger charge is -2.26. The summed E-state index contributed by atoms with van der Waals surface area (Å²) < 4.78 is 16.2. The third-order valence-corrected chi connectivity index (χ3v) is 6.98. The van der Waals surface area contributed by atoms with Gasteiger partial charge in [-0.2, -0.15) is 0 Å². The van der Waals surface area contributed by atoms with Gasteiger partial charge in [0.05, 0.1) is 49.2 Å². The maximum absolute atomic E-state index is 13.5. The topological polar surface area (TPSA) is 89.2 Å². The van der Waals surface area contributed by atoms with E-state index in [1.54, 1.807) is 12.1 Å². The van der Waals surface area contributed by atoms with E-state index < -0.39 is 23.5 Å². The highest BCUT2D eigenvalue weighted by Crippen LogP contribution is 2.48. The van der Waals surface area contributed by atoms with Crippen LogP contribution in [0.25, 0.3) is 16.5 Å². The first-order valence-corrected chi connectivity index (χ1v) is 12.0. The quantitative estimate of drug-likeness (QED) is 0.174. The number of aliphatic hydroxyl groups is 1. The molecule has 3 aromatic carbocycles. The molecule has 1 aliphatic heterocycles. The molecule has 188 valence electrons. The van der Waals surface area contributed by atoms with Gasteiger partial charge in [0, 0.05) is 0 Å². The van der Waals surface area contributed by atoms with Crippen molar-refractivity contribution in [2.75, 3.05) is 14.2 Å². The first-order valence-electron chi connectivity index (χ1n) is 11.3. The highest BCUT2D eigenvalue weighted by Gasteiger charge is 2.47. The Morgan fingerprint density at radius 3 is 2.43 bits per heavy atom. The molecule has 7 nitrogen and oxygen atoms in total. The summed E-state index contributed by atoms with van der Waals surface area (Å²) in [5, 5.41) is 13.5. The van der Waals surface area contributed by atoms with Crippen LogP contribution in [-0.4, -0.2) is 35.9 Å². The molecule has 4 aromatic rings. The Labute approximate surface area is 222 Å².